The van der Waals surface area contributed by atoms with Crippen LogP contribution in [0, 0.1) is 27.7 Å². The van der Waals surface area contributed by atoms with Crippen molar-refractivity contribution < 1.29 is 19.1 Å². The predicted molar refractivity (Wildman–Crippen MR) is 192 cm³/mol. The number of hydrogen-bond acceptors (Lipinski definition) is 4. The smallest absolute Gasteiger partial charge is 0.408 e. The Kier molecular flexibility index (Phi) is 14.1. The second-order valence-corrected chi connectivity index (χ2v) is 13.7. The molecule has 0 fully saturated rings. The van der Waals surface area contributed by atoms with Crippen LogP contribution in [0.2, 0.25) is 0 Å². The highest BCUT2D eigenvalue weighted by Gasteiger charge is 2.37. The molecule has 0 radical (unpaired) electrons. The van der Waals surface area contributed by atoms with Crippen molar-refractivity contribution in [1.29, 1.82) is 0 Å². The van der Waals surface area contributed by atoms with Crippen LogP contribution >= 0.6 is 0 Å². The van der Waals surface area contributed by atoms with Gasteiger partial charge in [0.1, 0.15) is 17.7 Å². The second kappa shape index (κ2) is 17.7. The third-order valence-corrected chi connectivity index (χ3v) is 8.32. The molecule has 47 heavy (non-hydrogen) atoms. The quantitative estimate of drug-likeness (QED) is 0.162. The molecule has 0 aliphatic carbocycles. The Morgan fingerprint density at radius 3 is 2.04 bits per heavy atom. The van der Waals surface area contributed by atoms with Crippen molar-refractivity contribution in [3.63, 3.8) is 0 Å². The molecule has 3 aromatic rings. The summed E-state index contributed by atoms with van der Waals surface area (Å²) >= 11 is 0. The van der Waals surface area contributed by atoms with Crippen molar-refractivity contribution in [3.05, 3.63) is 100 Å². The van der Waals surface area contributed by atoms with E-state index in [2.05, 4.69) is 17.6 Å². The van der Waals surface area contributed by atoms with Crippen LogP contribution in [-0.4, -0.2) is 41.0 Å². The highest BCUT2D eigenvalue weighted by molar-refractivity contribution is 6.00. The highest BCUT2D eigenvalue weighted by atomic mass is 16.6. The zero-order valence-corrected chi connectivity index (χ0v) is 29.7. The van der Waals surface area contributed by atoms with E-state index >= 15 is 0 Å². The maximum atomic E-state index is 14.9. The first-order chi connectivity index (χ1) is 22.3. The number of hydrogen-bond donors (Lipinski definition) is 2. The summed E-state index contributed by atoms with van der Waals surface area (Å²) in [6.07, 6.45) is 5.76. The fourth-order valence-electron chi connectivity index (χ4n) is 5.92. The molecule has 3 amide bonds. The Hall–Kier alpha value is -4.13. The normalized spacial score (nSPS) is 12.6. The molecule has 0 aromatic heterocycles. The molecular formula is C40H55N3O4. The molecule has 2 unspecified atom stereocenters. The van der Waals surface area contributed by atoms with Crippen molar-refractivity contribution in [1.82, 2.24) is 10.2 Å². The van der Waals surface area contributed by atoms with Gasteiger partial charge >= 0.3 is 6.09 Å². The molecule has 0 saturated heterocycles. The first-order valence-corrected chi connectivity index (χ1v) is 17.1. The largest absolute Gasteiger partial charge is 0.444 e. The molecule has 254 valence electrons. The van der Waals surface area contributed by atoms with E-state index in [0.717, 1.165) is 71.2 Å². The third-order valence-electron chi connectivity index (χ3n) is 8.32. The zero-order chi connectivity index (χ0) is 34.6. The van der Waals surface area contributed by atoms with Crippen LogP contribution in [-0.2, 0) is 20.7 Å². The summed E-state index contributed by atoms with van der Waals surface area (Å²) in [7, 11) is 0. The Bertz CT molecular complexity index is 1460. The number of rotatable bonds is 15. The van der Waals surface area contributed by atoms with Crippen molar-refractivity contribution >= 4 is 23.6 Å². The Morgan fingerprint density at radius 1 is 0.787 bits per heavy atom. The molecule has 7 heteroatoms. The van der Waals surface area contributed by atoms with Gasteiger partial charge in [0, 0.05) is 18.7 Å². The van der Waals surface area contributed by atoms with Gasteiger partial charge in [-0.2, -0.15) is 0 Å². The SMILES string of the molecule is CCCCCCCCN(C(=O)C(Cc1ccccc1)NC(=O)OC(C)(C)C)C(C(=O)Nc1c(C)cccc1C)c1ccc(C)cc1C. The molecule has 2 atom stereocenters. The van der Waals surface area contributed by atoms with Crippen LogP contribution in [0.1, 0.15) is 106 Å². The summed E-state index contributed by atoms with van der Waals surface area (Å²) < 4.78 is 5.60. The van der Waals surface area contributed by atoms with Gasteiger partial charge in [0.05, 0.1) is 0 Å². The molecule has 0 aliphatic heterocycles. The van der Waals surface area contributed by atoms with Gasteiger partial charge in [0.2, 0.25) is 5.91 Å². The summed E-state index contributed by atoms with van der Waals surface area (Å²) in [5, 5.41) is 6.06. The Labute approximate surface area is 282 Å². The number of carbonyl (C=O) groups excluding carboxylic acids is 3. The van der Waals surface area contributed by atoms with E-state index in [0.29, 0.717) is 6.54 Å². The monoisotopic (exact) mass is 641 g/mol. The van der Waals surface area contributed by atoms with Crippen molar-refractivity contribution in [2.45, 2.75) is 118 Å². The maximum Gasteiger partial charge on any atom is 0.408 e. The topological polar surface area (TPSA) is 87.7 Å². The predicted octanol–water partition coefficient (Wildman–Crippen LogP) is 8.93. The van der Waals surface area contributed by atoms with E-state index in [1.807, 2.05) is 94.4 Å². The third kappa shape index (κ3) is 11.6. The number of nitrogens with zero attached hydrogens (tertiary/aromatic N) is 1. The lowest BCUT2D eigenvalue weighted by molar-refractivity contribution is -0.140. The van der Waals surface area contributed by atoms with Crippen molar-refractivity contribution in [2.24, 2.45) is 0 Å². The average Bonchev–Trinajstić information content (AvgIpc) is 3.00. The molecule has 0 heterocycles. The van der Waals surface area contributed by atoms with Gasteiger partial charge in [-0.15, -0.1) is 0 Å². The summed E-state index contributed by atoms with van der Waals surface area (Å²) in [4.78, 5) is 44.3. The number of alkyl carbamates (subject to hydrolysis) is 1. The van der Waals surface area contributed by atoms with Crippen LogP contribution in [0.3, 0.4) is 0 Å². The van der Waals surface area contributed by atoms with Gasteiger partial charge in [-0.1, -0.05) is 111 Å². The molecule has 7 nitrogen and oxygen atoms in total. The van der Waals surface area contributed by atoms with Gasteiger partial charge in [0.25, 0.3) is 5.91 Å². The fraction of sp³-hybridized carbons (Fsp3) is 0.475. The minimum atomic E-state index is -0.950. The van der Waals surface area contributed by atoms with Crippen LogP contribution in [0.15, 0.2) is 66.7 Å². The van der Waals surface area contributed by atoms with Gasteiger partial charge in [-0.25, -0.2) is 4.79 Å². The van der Waals surface area contributed by atoms with Crippen molar-refractivity contribution in [3.8, 4) is 0 Å². The molecule has 2 N–H and O–H groups in total. The zero-order valence-electron chi connectivity index (χ0n) is 29.7. The van der Waals surface area contributed by atoms with Crippen molar-refractivity contribution in [2.75, 3.05) is 11.9 Å². The van der Waals surface area contributed by atoms with E-state index in [1.165, 1.54) is 6.42 Å². The first kappa shape index (κ1) is 37.3. The minimum absolute atomic E-state index is 0.254. The second-order valence-electron chi connectivity index (χ2n) is 13.7. The van der Waals surface area contributed by atoms with Gasteiger partial charge in [-0.3, -0.25) is 9.59 Å². The lowest BCUT2D eigenvalue weighted by atomic mass is 9.95. The lowest BCUT2D eigenvalue weighted by Crippen LogP contribution is -2.53. The van der Waals surface area contributed by atoms with Gasteiger partial charge < -0.3 is 20.3 Å². The van der Waals surface area contributed by atoms with Crippen LogP contribution in [0.5, 0.6) is 0 Å². The standard InChI is InChI=1S/C40H55N3O4/c1-9-10-11-12-13-17-25-43(38(45)34(27-32-21-15-14-16-22-32)41-39(46)47-40(6,7)8)36(33-24-23-28(2)26-31(33)5)37(44)42-35-29(3)19-18-20-30(35)4/h14-16,18-24,26,34,36H,9-13,17,25,27H2,1-8H3,(H,41,46)(H,42,44). The number of ether oxygens (including phenoxy) is 1. The van der Waals surface area contributed by atoms with E-state index in [1.54, 1.807) is 25.7 Å². The number of nitrogens with one attached hydrogen (secondary N) is 2. The molecule has 3 aromatic carbocycles. The number of carbonyl (C=O) groups is 3. The number of amides is 3. The van der Waals surface area contributed by atoms with E-state index in [4.69, 9.17) is 4.74 Å². The first-order valence-electron chi connectivity index (χ1n) is 17.1. The Morgan fingerprint density at radius 2 is 1.43 bits per heavy atom. The maximum absolute atomic E-state index is 14.9. The number of benzene rings is 3. The van der Waals surface area contributed by atoms with Crippen LogP contribution in [0.25, 0.3) is 0 Å². The van der Waals surface area contributed by atoms with Gasteiger partial charge in [0.15, 0.2) is 0 Å². The lowest BCUT2D eigenvalue weighted by Gasteiger charge is -2.35. The molecule has 3 rings (SSSR count). The van der Waals surface area contributed by atoms with Crippen LogP contribution in [0.4, 0.5) is 10.5 Å². The molecule has 0 aliphatic rings. The van der Waals surface area contributed by atoms with Gasteiger partial charge in [-0.05, 0) is 82.7 Å². The molecule has 0 spiro atoms. The van der Waals surface area contributed by atoms with E-state index in [9.17, 15) is 14.4 Å². The number of anilines is 1. The molecule has 0 bridgehead atoms. The summed E-state index contributed by atoms with van der Waals surface area (Å²) in [5.74, 6) is -0.612. The molecular weight excluding hydrogens is 586 g/mol. The number of unbranched alkanes of at least 4 members (excludes halogenated alkanes) is 5. The molecule has 0 saturated carbocycles. The summed E-state index contributed by atoms with van der Waals surface area (Å²) in [6.45, 7) is 15.9. The van der Waals surface area contributed by atoms with E-state index in [-0.39, 0.29) is 18.2 Å². The average molecular weight is 642 g/mol. The van der Waals surface area contributed by atoms with E-state index < -0.39 is 23.8 Å². The number of aryl methyl sites for hydroxylation is 4. The summed E-state index contributed by atoms with van der Waals surface area (Å²) in [5.41, 5.74) is 5.54. The van der Waals surface area contributed by atoms with Crippen LogP contribution < -0.4 is 10.6 Å². The number of para-hydroxylation sites is 1. The minimum Gasteiger partial charge on any atom is -0.444 e. The summed E-state index contributed by atoms with van der Waals surface area (Å²) in [6, 6.07) is 19.6. The Balaban J connectivity index is 2.11. The fourth-order valence-corrected chi connectivity index (χ4v) is 5.92. The highest BCUT2D eigenvalue weighted by Crippen LogP contribution is 2.30.